The van der Waals surface area contributed by atoms with Crippen LogP contribution in [0.2, 0.25) is 0 Å². The molecule has 1 aliphatic rings. The quantitative estimate of drug-likeness (QED) is 0.520. The van der Waals surface area contributed by atoms with Crippen LogP contribution in [-0.2, 0) is 23.0 Å². The number of anilines is 1. The van der Waals surface area contributed by atoms with E-state index < -0.39 is 15.9 Å². The second-order valence-electron chi connectivity index (χ2n) is 8.78. The fourth-order valence-electron chi connectivity index (χ4n) is 4.33. The number of rotatable bonds is 7. The van der Waals surface area contributed by atoms with Crippen LogP contribution in [0.15, 0.2) is 60.9 Å². The van der Waals surface area contributed by atoms with Gasteiger partial charge in [-0.3, -0.25) is 14.7 Å². The summed E-state index contributed by atoms with van der Waals surface area (Å²) in [5.74, 6) is -0.462. The van der Waals surface area contributed by atoms with Gasteiger partial charge in [0.1, 0.15) is 5.75 Å². The molecule has 184 valence electrons. The largest absolute Gasteiger partial charge is 0.506 e. The van der Waals surface area contributed by atoms with Gasteiger partial charge < -0.3 is 10.0 Å². The molecular formula is C26H30N4O4S. The molecule has 2 heterocycles. The Morgan fingerprint density at radius 3 is 2.31 bits per heavy atom. The Kier molecular flexibility index (Phi) is 7.37. The lowest BCUT2D eigenvalue weighted by atomic mass is 9.98. The number of aryl methyl sites for hydroxylation is 1. The number of aromatic nitrogens is 1. The first-order valence-corrected chi connectivity index (χ1v) is 13.5. The van der Waals surface area contributed by atoms with E-state index in [9.17, 15) is 18.3 Å². The number of pyridine rings is 1. The summed E-state index contributed by atoms with van der Waals surface area (Å²) in [7, 11) is -3.59. The van der Waals surface area contributed by atoms with Gasteiger partial charge in [0.05, 0.1) is 12.5 Å². The predicted octanol–water partition coefficient (Wildman–Crippen LogP) is 3.03. The van der Waals surface area contributed by atoms with Crippen molar-refractivity contribution in [3.05, 3.63) is 77.6 Å². The Morgan fingerprint density at radius 1 is 0.971 bits per heavy atom. The lowest BCUT2D eigenvalue weighted by Gasteiger charge is -2.36. The molecule has 0 atom stereocenters. The zero-order chi connectivity index (χ0) is 25.0. The molecule has 8 nitrogen and oxygen atoms in total. The number of carbonyl (C=O) groups excluding carboxylic acids is 1. The van der Waals surface area contributed by atoms with Crippen LogP contribution in [0.5, 0.6) is 5.75 Å². The molecule has 0 bridgehead atoms. The van der Waals surface area contributed by atoms with Crippen molar-refractivity contribution < 1.29 is 18.3 Å². The van der Waals surface area contributed by atoms with E-state index in [1.54, 1.807) is 24.4 Å². The number of carbonyl (C=O) groups is 1. The predicted molar refractivity (Wildman–Crippen MR) is 137 cm³/mol. The zero-order valence-corrected chi connectivity index (χ0v) is 20.8. The van der Waals surface area contributed by atoms with Gasteiger partial charge >= 0.3 is 0 Å². The molecule has 0 saturated carbocycles. The molecule has 4 rings (SSSR count). The minimum atomic E-state index is -3.59. The first kappa shape index (κ1) is 24.7. The van der Waals surface area contributed by atoms with Crippen molar-refractivity contribution in [2.45, 2.75) is 19.9 Å². The van der Waals surface area contributed by atoms with Crippen molar-refractivity contribution in [1.29, 1.82) is 0 Å². The second kappa shape index (κ2) is 10.5. The van der Waals surface area contributed by atoms with Crippen molar-refractivity contribution in [1.82, 2.24) is 14.6 Å². The Labute approximate surface area is 206 Å². The molecule has 1 amide bonds. The minimum absolute atomic E-state index is 0.161. The Bertz CT molecular complexity index is 1300. The number of nitrogens with zero attached hydrogens (tertiary/aromatic N) is 3. The van der Waals surface area contributed by atoms with Gasteiger partial charge in [0.25, 0.3) is 5.91 Å². The number of nitrogens with one attached hydrogen (secondary N) is 1. The highest BCUT2D eigenvalue weighted by molar-refractivity contribution is 7.89. The number of amides is 1. The molecule has 35 heavy (non-hydrogen) atoms. The van der Waals surface area contributed by atoms with Crippen LogP contribution in [-0.4, -0.2) is 61.8 Å². The number of benzene rings is 2. The third kappa shape index (κ3) is 6.37. The molecular weight excluding hydrogens is 464 g/mol. The number of hydrogen-bond donors (Lipinski definition) is 2. The third-order valence-corrected chi connectivity index (χ3v) is 6.74. The highest BCUT2D eigenvalue weighted by Gasteiger charge is 2.19. The fourth-order valence-corrected chi connectivity index (χ4v) is 4.79. The van der Waals surface area contributed by atoms with Crippen molar-refractivity contribution in [2.24, 2.45) is 0 Å². The molecule has 9 heteroatoms. The van der Waals surface area contributed by atoms with E-state index in [1.807, 2.05) is 16.9 Å². The van der Waals surface area contributed by atoms with E-state index >= 15 is 0 Å². The van der Waals surface area contributed by atoms with Gasteiger partial charge in [-0.05, 0) is 53.4 Å². The molecule has 3 aromatic rings. The first-order chi connectivity index (χ1) is 16.7. The summed E-state index contributed by atoms with van der Waals surface area (Å²) < 4.78 is 24.5. The van der Waals surface area contributed by atoms with Gasteiger partial charge in [-0.25, -0.2) is 13.1 Å². The number of hydrogen-bond acceptors (Lipinski definition) is 7. The van der Waals surface area contributed by atoms with E-state index in [0.29, 0.717) is 5.56 Å². The van der Waals surface area contributed by atoms with Gasteiger partial charge in [0, 0.05) is 55.7 Å². The highest BCUT2D eigenvalue weighted by atomic mass is 32.2. The zero-order valence-electron chi connectivity index (χ0n) is 19.9. The van der Waals surface area contributed by atoms with Crippen molar-refractivity contribution in [3.63, 3.8) is 0 Å². The normalized spacial score (nSPS) is 14.6. The molecule has 1 aliphatic heterocycles. The summed E-state index contributed by atoms with van der Waals surface area (Å²) in [5.41, 5.74) is 5.87. The molecule has 0 spiro atoms. The summed E-state index contributed by atoms with van der Waals surface area (Å²) >= 11 is 0. The third-order valence-electron chi connectivity index (χ3n) is 6.18. The maximum Gasteiger partial charge on any atom is 0.264 e. The number of aromatic hydroxyl groups is 1. The summed E-state index contributed by atoms with van der Waals surface area (Å²) in [6.07, 6.45) is 5.08. The molecule has 0 radical (unpaired) electrons. The molecule has 2 aromatic carbocycles. The molecule has 1 aromatic heterocycles. The van der Waals surface area contributed by atoms with Crippen molar-refractivity contribution in [2.75, 3.05) is 37.3 Å². The van der Waals surface area contributed by atoms with Crippen LogP contribution in [0.25, 0.3) is 11.1 Å². The van der Waals surface area contributed by atoms with Crippen LogP contribution in [0.3, 0.4) is 0 Å². The van der Waals surface area contributed by atoms with Gasteiger partial charge in [-0.15, -0.1) is 0 Å². The van der Waals surface area contributed by atoms with E-state index in [4.69, 9.17) is 0 Å². The van der Waals surface area contributed by atoms with Crippen molar-refractivity contribution >= 4 is 21.6 Å². The number of sulfonamides is 1. The highest BCUT2D eigenvalue weighted by Crippen LogP contribution is 2.26. The fraction of sp³-hybridized carbons (Fsp3) is 0.308. The molecule has 1 saturated heterocycles. The average Bonchev–Trinajstić information content (AvgIpc) is 2.84. The summed E-state index contributed by atoms with van der Waals surface area (Å²) in [4.78, 5) is 20.8. The van der Waals surface area contributed by atoms with Crippen LogP contribution in [0, 0.1) is 0 Å². The smallest absolute Gasteiger partial charge is 0.264 e. The maximum absolute atomic E-state index is 12.0. The SMILES string of the molecule is CCc1cc(-c2cncc(O)c2)ccc1CN1CCN(c2ccc(C(=O)NS(C)(=O)=O)cc2)CC1. The Balaban J connectivity index is 1.36. The lowest BCUT2D eigenvalue weighted by molar-refractivity contribution is 0.0981. The summed E-state index contributed by atoms with van der Waals surface area (Å²) in [6, 6.07) is 15.2. The Hall–Kier alpha value is -3.43. The topological polar surface area (TPSA) is 103 Å². The van der Waals surface area contributed by atoms with E-state index in [2.05, 4.69) is 39.9 Å². The molecule has 0 aliphatic carbocycles. The van der Waals surface area contributed by atoms with Gasteiger partial charge in [0.2, 0.25) is 10.0 Å². The summed E-state index contributed by atoms with van der Waals surface area (Å²) in [5, 5.41) is 9.74. The minimum Gasteiger partial charge on any atom is -0.506 e. The number of piperazine rings is 1. The monoisotopic (exact) mass is 494 g/mol. The molecule has 0 unspecified atom stereocenters. The average molecular weight is 495 g/mol. The van der Waals surface area contributed by atoms with E-state index in [-0.39, 0.29) is 5.75 Å². The molecule has 1 fully saturated rings. The molecule has 2 N–H and O–H groups in total. The van der Waals surface area contributed by atoms with E-state index in [0.717, 1.165) is 62.2 Å². The van der Waals surface area contributed by atoms with Crippen molar-refractivity contribution in [3.8, 4) is 16.9 Å². The Morgan fingerprint density at radius 2 is 1.69 bits per heavy atom. The first-order valence-electron chi connectivity index (χ1n) is 11.6. The van der Waals surface area contributed by atoms with Gasteiger partial charge in [0.15, 0.2) is 0 Å². The maximum atomic E-state index is 12.0. The second-order valence-corrected chi connectivity index (χ2v) is 10.5. The van der Waals surface area contributed by atoms with Crippen LogP contribution in [0.4, 0.5) is 5.69 Å². The lowest BCUT2D eigenvalue weighted by Crippen LogP contribution is -2.46. The van der Waals surface area contributed by atoms with Gasteiger partial charge in [-0.2, -0.15) is 0 Å². The van der Waals surface area contributed by atoms with Crippen LogP contribution < -0.4 is 9.62 Å². The van der Waals surface area contributed by atoms with Crippen LogP contribution >= 0.6 is 0 Å². The van der Waals surface area contributed by atoms with E-state index in [1.165, 1.54) is 17.3 Å². The van der Waals surface area contributed by atoms with Crippen LogP contribution in [0.1, 0.15) is 28.4 Å². The van der Waals surface area contributed by atoms with Gasteiger partial charge in [-0.1, -0.05) is 25.1 Å². The standard InChI is InChI=1S/C26H30N4O4S/c1-3-19-14-21(23-15-25(31)17-27-16-23)4-5-22(19)18-29-10-12-30(13-11-29)24-8-6-20(7-9-24)26(32)28-35(2,33)34/h4-9,14-17,31H,3,10-13,18H2,1-2H3,(H,28,32). The summed E-state index contributed by atoms with van der Waals surface area (Å²) in [6.45, 7) is 6.59.